The molecule has 2 N–H and O–H groups in total. The van der Waals surface area contributed by atoms with Gasteiger partial charge >= 0.3 is 0 Å². The van der Waals surface area contributed by atoms with Crippen LogP contribution in [0.5, 0.6) is 0 Å². The molecule has 5 nitrogen and oxygen atoms in total. The van der Waals surface area contributed by atoms with Crippen molar-refractivity contribution in [2.75, 3.05) is 5.32 Å². The molecule has 2 fully saturated rings. The van der Waals surface area contributed by atoms with Crippen LogP contribution in [0.2, 0.25) is 0 Å². The monoisotopic (exact) mass is 422 g/mol. The second-order valence-electron chi connectivity index (χ2n) is 8.83. The molecule has 1 aliphatic heterocycles. The van der Waals surface area contributed by atoms with E-state index in [0.29, 0.717) is 17.2 Å². The number of Topliss-reactive ketones (excluding diaryl/α,β-unsaturated/α-hetero) is 1. The Morgan fingerprint density at radius 3 is 2.42 bits per heavy atom. The molecule has 0 radical (unpaired) electrons. The van der Waals surface area contributed by atoms with Crippen molar-refractivity contribution in [3.05, 3.63) is 65.5 Å². The van der Waals surface area contributed by atoms with Gasteiger partial charge in [0.25, 0.3) is 0 Å². The Morgan fingerprint density at radius 2 is 1.74 bits per heavy atom. The van der Waals surface area contributed by atoms with E-state index in [2.05, 4.69) is 10.6 Å². The quantitative estimate of drug-likeness (QED) is 0.712. The highest BCUT2D eigenvalue weighted by atomic mass is 19.1. The molecule has 162 valence electrons. The molecule has 0 bridgehead atoms. The fourth-order valence-electron chi connectivity index (χ4n) is 4.72. The molecule has 0 spiro atoms. The van der Waals surface area contributed by atoms with Crippen LogP contribution in [0.4, 0.5) is 10.1 Å². The van der Waals surface area contributed by atoms with Gasteiger partial charge in [-0.15, -0.1) is 0 Å². The number of carbonyl (C=O) groups is 3. The molecule has 1 heterocycles. The largest absolute Gasteiger partial charge is 0.342 e. The van der Waals surface area contributed by atoms with Crippen molar-refractivity contribution in [3.63, 3.8) is 0 Å². The lowest BCUT2D eigenvalue weighted by Gasteiger charge is -2.23. The number of carbonyl (C=O) groups excluding carboxylic acids is 3. The fraction of sp³-hybridized carbons (Fsp3) is 0.400. The highest BCUT2D eigenvalue weighted by Crippen LogP contribution is 2.33. The van der Waals surface area contributed by atoms with Crippen LogP contribution in [-0.4, -0.2) is 23.1 Å². The highest BCUT2D eigenvalue weighted by Gasteiger charge is 2.52. The summed E-state index contributed by atoms with van der Waals surface area (Å²) in [4.78, 5) is 38.2. The zero-order valence-electron chi connectivity index (χ0n) is 17.6. The number of benzene rings is 2. The third kappa shape index (κ3) is 4.38. The minimum absolute atomic E-state index is 0.00981. The average molecular weight is 423 g/mol. The van der Waals surface area contributed by atoms with Crippen molar-refractivity contribution in [1.82, 2.24) is 5.32 Å². The van der Waals surface area contributed by atoms with Crippen LogP contribution >= 0.6 is 0 Å². The molecular formula is C25H27FN2O3. The van der Waals surface area contributed by atoms with Gasteiger partial charge in [0.05, 0.1) is 0 Å². The molecule has 1 aliphatic carbocycles. The highest BCUT2D eigenvalue weighted by molar-refractivity contribution is 6.27. The minimum atomic E-state index is -1.45. The molecule has 4 rings (SSSR count). The normalized spacial score (nSPS) is 24.1. The van der Waals surface area contributed by atoms with Gasteiger partial charge in [-0.25, -0.2) is 4.39 Å². The topological polar surface area (TPSA) is 75.3 Å². The van der Waals surface area contributed by atoms with Crippen molar-refractivity contribution in [3.8, 4) is 0 Å². The van der Waals surface area contributed by atoms with Gasteiger partial charge in [0, 0.05) is 12.1 Å². The van der Waals surface area contributed by atoms with Gasteiger partial charge in [0.1, 0.15) is 11.4 Å². The summed E-state index contributed by atoms with van der Waals surface area (Å²) >= 11 is 0. The first-order chi connectivity index (χ1) is 14.9. The lowest BCUT2D eigenvalue weighted by molar-refractivity contribution is -0.135. The Kier molecular flexibility index (Phi) is 5.90. The molecule has 0 aromatic heterocycles. The maximum Gasteiger partial charge on any atom is 0.244 e. The SMILES string of the molecule is CC1(Cc2ccccc2F)NC(=O)C(C(=O)Nc2ccc(C3CCCCC3)cc2)C1=O. The molecule has 1 saturated heterocycles. The van der Waals surface area contributed by atoms with Crippen molar-refractivity contribution < 1.29 is 18.8 Å². The maximum atomic E-state index is 14.0. The molecule has 6 heteroatoms. The molecule has 2 amide bonds. The van der Waals surface area contributed by atoms with Gasteiger partial charge in [0.15, 0.2) is 11.7 Å². The Hall–Kier alpha value is -3.02. The standard InChI is InChI=1S/C25H27FN2O3/c1-25(15-18-9-5-6-10-20(18)26)22(29)21(24(31)28-25)23(30)27-19-13-11-17(12-14-19)16-7-3-2-4-8-16/h5-6,9-14,16,21H,2-4,7-8,15H2,1H3,(H,27,30)(H,28,31). The predicted octanol–water partition coefficient (Wildman–Crippen LogP) is 4.13. The molecule has 1 saturated carbocycles. The average Bonchev–Trinajstić information content (AvgIpc) is 2.99. The second kappa shape index (κ2) is 8.61. The summed E-state index contributed by atoms with van der Waals surface area (Å²) in [5.74, 6) is -3.20. The van der Waals surface area contributed by atoms with Crippen molar-refractivity contribution in [2.45, 2.75) is 56.9 Å². The summed E-state index contributed by atoms with van der Waals surface area (Å²) in [6, 6.07) is 13.8. The van der Waals surface area contributed by atoms with Crippen molar-refractivity contribution >= 4 is 23.3 Å². The van der Waals surface area contributed by atoms with Gasteiger partial charge in [0.2, 0.25) is 11.8 Å². The number of rotatable bonds is 5. The molecular weight excluding hydrogens is 395 g/mol. The van der Waals surface area contributed by atoms with E-state index < -0.39 is 34.9 Å². The molecule has 2 atom stereocenters. The number of anilines is 1. The van der Waals surface area contributed by atoms with Crippen molar-refractivity contribution in [1.29, 1.82) is 0 Å². The van der Waals surface area contributed by atoms with E-state index in [4.69, 9.17) is 0 Å². The van der Waals surface area contributed by atoms with Gasteiger partial charge < -0.3 is 10.6 Å². The first-order valence-electron chi connectivity index (χ1n) is 10.9. The summed E-state index contributed by atoms with van der Waals surface area (Å²) in [5.41, 5.74) is 0.794. The van der Waals surface area contributed by atoms with E-state index >= 15 is 0 Å². The second-order valence-corrected chi connectivity index (χ2v) is 8.83. The third-order valence-electron chi connectivity index (χ3n) is 6.49. The molecule has 2 aliphatic rings. The van der Waals surface area contributed by atoms with Crippen LogP contribution in [-0.2, 0) is 20.8 Å². The van der Waals surface area contributed by atoms with E-state index in [1.54, 1.807) is 18.2 Å². The first kappa shape index (κ1) is 21.2. The van der Waals surface area contributed by atoms with E-state index in [1.165, 1.54) is 50.7 Å². The van der Waals surface area contributed by atoms with Crippen LogP contribution < -0.4 is 10.6 Å². The Bertz CT molecular complexity index is 998. The predicted molar refractivity (Wildman–Crippen MR) is 116 cm³/mol. The number of hydrogen-bond acceptors (Lipinski definition) is 3. The summed E-state index contributed by atoms with van der Waals surface area (Å²) in [6.07, 6.45) is 6.13. The van der Waals surface area contributed by atoms with Gasteiger partial charge in [-0.3, -0.25) is 14.4 Å². The Balaban J connectivity index is 1.44. The van der Waals surface area contributed by atoms with Gasteiger partial charge in [-0.05, 0) is 55.0 Å². The van der Waals surface area contributed by atoms with Crippen molar-refractivity contribution in [2.24, 2.45) is 5.92 Å². The lowest BCUT2D eigenvalue weighted by atomic mass is 9.84. The molecule has 2 aromatic rings. The lowest BCUT2D eigenvalue weighted by Crippen LogP contribution is -2.46. The van der Waals surface area contributed by atoms with Gasteiger partial charge in [-0.2, -0.15) is 0 Å². The summed E-state index contributed by atoms with van der Waals surface area (Å²) < 4.78 is 14.0. The fourth-order valence-corrected chi connectivity index (χ4v) is 4.72. The Morgan fingerprint density at radius 1 is 1.06 bits per heavy atom. The number of ketones is 1. The maximum absolute atomic E-state index is 14.0. The number of hydrogen-bond donors (Lipinski definition) is 2. The van der Waals surface area contributed by atoms with E-state index in [9.17, 15) is 18.8 Å². The van der Waals surface area contributed by atoms with Crippen LogP contribution in [0.25, 0.3) is 0 Å². The smallest absolute Gasteiger partial charge is 0.244 e. The minimum Gasteiger partial charge on any atom is -0.342 e. The number of amides is 2. The third-order valence-corrected chi connectivity index (χ3v) is 6.49. The summed E-state index contributed by atoms with van der Waals surface area (Å²) in [5, 5.41) is 5.30. The van der Waals surface area contributed by atoms with E-state index in [-0.39, 0.29) is 6.42 Å². The first-order valence-corrected chi connectivity index (χ1v) is 10.9. The Labute approximate surface area is 181 Å². The van der Waals surface area contributed by atoms with Gasteiger partial charge in [-0.1, -0.05) is 49.6 Å². The molecule has 31 heavy (non-hydrogen) atoms. The molecule has 2 unspecified atom stereocenters. The van der Waals surface area contributed by atoms with Crippen LogP contribution in [0, 0.1) is 11.7 Å². The zero-order valence-corrected chi connectivity index (χ0v) is 17.6. The zero-order chi connectivity index (χ0) is 22.0. The van der Waals surface area contributed by atoms with Crippen LogP contribution in [0.1, 0.15) is 56.1 Å². The van der Waals surface area contributed by atoms with E-state index in [0.717, 1.165) is 0 Å². The van der Waals surface area contributed by atoms with Crippen LogP contribution in [0.15, 0.2) is 48.5 Å². The summed E-state index contributed by atoms with van der Waals surface area (Å²) in [6.45, 7) is 1.53. The van der Waals surface area contributed by atoms with E-state index in [1.807, 2.05) is 24.3 Å². The molecule has 2 aromatic carbocycles. The number of halogens is 1. The van der Waals surface area contributed by atoms with Crippen LogP contribution in [0.3, 0.4) is 0 Å². The number of nitrogens with one attached hydrogen (secondary N) is 2. The summed E-state index contributed by atoms with van der Waals surface area (Å²) in [7, 11) is 0.